The maximum Gasteiger partial charge on any atom is 0.243 e. The van der Waals surface area contributed by atoms with Gasteiger partial charge in [0.05, 0.1) is 13.1 Å². The van der Waals surface area contributed by atoms with Gasteiger partial charge in [-0.05, 0) is 19.1 Å². The van der Waals surface area contributed by atoms with E-state index in [2.05, 4.69) is 10.6 Å². The minimum Gasteiger partial charge on any atom is -0.347 e. The first-order chi connectivity index (χ1) is 10.6. The van der Waals surface area contributed by atoms with Crippen LogP contribution in [0.25, 0.3) is 0 Å². The molecule has 1 aromatic rings. The monoisotopic (exact) mass is 319 g/mol. The summed E-state index contributed by atoms with van der Waals surface area (Å²) in [6.45, 7) is 7.08. The van der Waals surface area contributed by atoms with Crippen LogP contribution in [0.1, 0.15) is 26.3 Å². The van der Waals surface area contributed by atoms with Gasteiger partial charge >= 0.3 is 0 Å². The fourth-order valence-electron chi connectivity index (χ4n) is 1.70. The standard InChI is InChI=1S/C17H25N3O3/c1-12-6-8-13(9-7-12)19-14(21)11-20(5)15(22)10-18-16(23)17(2,3)4/h6-9H,10-11H2,1-5H3,(H,18,23)(H,19,21). The van der Waals surface area contributed by atoms with Crippen molar-refractivity contribution >= 4 is 23.4 Å². The zero-order chi connectivity index (χ0) is 17.6. The number of likely N-dealkylation sites (N-methyl/N-ethyl adjacent to an activating group) is 1. The van der Waals surface area contributed by atoms with Crippen LogP contribution >= 0.6 is 0 Å². The van der Waals surface area contributed by atoms with Crippen molar-refractivity contribution in [2.45, 2.75) is 27.7 Å². The Kier molecular flexibility index (Phi) is 6.30. The number of nitrogens with one attached hydrogen (secondary N) is 2. The van der Waals surface area contributed by atoms with Crippen LogP contribution in [-0.4, -0.2) is 42.8 Å². The van der Waals surface area contributed by atoms with Gasteiger partial charge in [0, 0.05) is 18.2 Å². The second kappa shape index (κ2) is 7.76. The molecule has 0 aliphatic heterocycles. The minimum absolute atomic E-state index is 0.0713. The number of carbonyl (C=O) groups is 3. The van der Waals surface area contributed by atoms with Gasteiger partial charge in [0.1, 0.15) is 0 Å². The number of amides is 3. The molecule has 0 radical (unpaired) electrons. The Balaban J connectivity index is 2.43. The predicted octanol–water partition coefficient (Wildman–Crippen LogP) is 1.55. The Morgan fingerprint density at radius 3 is 2.17 bits per heavy atom. The third kappa shape index (κ3) is 6.50. The zero-order valence-electron chi connectivity index (χ0n) is 14.4. The molecular weight excluding hydrogens is 294 g/mol. The van der Waals surface area contributed by atoms with Crippen molar-refractivity contribution < 1.29 is 14.4 Å². The number of benzene rings is 1. The Labute approximate surface area is 137 Å². The molecule has 0 fully saturated rings. The number of nitrogens with zero attached hydrogens (tertiary/aromatic N) is 1. The molecule has 23 heavy (non-hydrogen) atoms. The average molecular weight is 319 g/mol. The van der Waals surface area contributed by atoms with E-state index in [1.165, 1.54) is 11.9 Å². The summed E-state index contributed by atoms with van der Waals surface area (Å²) in [6, 6.07) is 7.40. The van der Waals surface area contributed by atoms with Crippen molar-refractivity contribution in [3.05, 3.63) is 29.8 Å². The van der Waals surface area contributed by atoms with E-state index >= 15 is 0 Å². The smallest absolute Gasteiger partial charge is 0.243 e. The quantitative estimate of drug-likeness (QED) is 0.864. The van der Waals surface area contributed by atoms with Crippen LogP contribution < -0.4 is 10.6 Å². The lowest BCUT2D eigenvalue weighted by molar-refractivity contribution is -0.135. The van der Waals surface area contributed by atoms with Crippen LogP contribution in [0, 0.1) is 12.3 Å². The van der Waals surface area contributed by atoms with Crippen LogP contribution in [0.15, 0.2) is 24.3 Å². The second-order valence-electron chi connectivity index (χ2n) is 6.60. The van der Waals surface area contributed by atoms with Gasteiger partial charge in [0.25, 0.3) is 0 Å². The zero-order valence-corrected chi connectivity index (χ0v) is 14.4. The number of hydrogen-bond acceptors (Lipinski definition) is 3. The summed E-state index contributed by atoms with van der Waals surface area (Å²) in [5.74, 6) is -0.808. The minimum atomic E-state index is -0.554. The maximum absolute atomic E-state index is 11.9. The van der Waals surface area contributed by atoms with Gasteiger partial charge in [-0.2, -0.15) is 0 Å². The lowest BCUT2D eigenvalue weighted by atomic mass is 9.96. The molecule has 1 rings (SSSR count). The lowest BCUT2D eigenvalue weighted by Crippen LogP contribution is -2.44. The molecule has 0 unspecified atom stereocenters. The van der Waals surface area contributed by atoms with E-state index in [1.807, 2.05) is 19.1 Å². The summed E-state index contributed by atoms with van der Waals surface area (Å²) in [5, 5.41) is 5.29. The first-order valence-electron chi connectivity index (χ1n) is 7.48. The van der Waals surface area contributed by atoms with Crippen molar-refractivity contribution in [1.82, 2.24) is 10.2 Å². The SMILES string of the molecule is Cc1ccc(NC(=O)CN(C)C(=O)CNC(=O)C(C)(C)C)cc1. The first kappa shape index (κ1) is 18.7. The van der Waals surface area contributed by atoms with Crippen LogP contribution in [-0.2, 0) is 14.4 Å². The van der Waals surface area contributed by atoms with Gasteiger partial charge in [-0.25, -0.2) is 0 Å². The molecule has 6 nitrogen and oxygen atoms in total. The Morgan fingerprint density at radius 2 is 1.65 bits per heavy atom. The second-order valence-corrected chi connectivity index (χ2v) is 6.60. The largest absolute Gasteiger partial charge is 0.347 e. The molecular formula is C17H25N3O3. The topological polar surface area (TPSA) is 78.5 Å². The third-order valence-electron chi connectivity index (χ3n) is 3.22. The fourth-order valence-corrected chi connectivity index (χ4v) is 1.70. The molecule has 3 amide bonds. The molecule has 0 aromatic heterocycles. The summed E-state index contributed by atoms with van der Waals surface area (Å²) < 4.78 is 0. The molecule has 126 valence electrons. The molecule has 6 heteroatoms. The van der Waals surface area contributed by atoms with Crippen molar-refractivity contribution in [2.24, 2.45) is 5.41 Å². The van der Waals surface area contributed by atoms with Gasteiger partial charge in [-0.3, -0.25) is 14.4 Å². The van der Waals surface area contributed by atoms with Crippen LogP contribution in [0.5, 0.6) is 0 Å². The molecule has 0 saturated carbocycles. The van der Waals surface area contributed by atoms with Crippen LogP contribution in [0.3, 0.4) is 0 Å². The van der Waals surface area contributed by atoms with E-state index in [-0.39, 0.29) is 30.8 Å². The average Bonchev–Trinajstić information content (AvgIpc) is 2.45. The van der Waals surface area contributed by atoms with Crippen molar-refractivity contribution in [3.8, 4) is 0 Å². The van der Waals surface area contributed by atoms with Gasteiger partial charge in [-0.1, -0.05) is 38.5 Å². The van der Waals surface area contributed by atoms with E-state index in [1.54, 1.807) is 32.9 Å². The van der Waals surface area contributed by atoms with E-state index < -0.39 is 5.41 Å². The Morgan fingerprint density at radius 1 is 1.09 bits per heavy atom. The normalized spacial score (nSPS) is 10.8. The summed E-state index contributed by atoms with van der Waals surface area (Å²) in [6.07, 6.45) is 0. The molecule has 0 aliphatic rings. The fraction of sp³-hybridized carbons (Fsp3) is 0.471. The number of anilines is 1. The number of hydrogen-bond donors (Lipinski definition) is 2. The van der Waals surface area contributed by atoms with Crippen molar-refractivity contribution in [2.75, 3.05) is 25.5 Å². The lowest BCUT2D eigenvalue weighted by Gasteiger charge is -2.20. The molecule has 0 heterocycles. The number of carbonyl (C=O) groups excluding carboxylic acids is 3. The van der Waals surface area contributed by atoms with E-state index in [9.17, 15) is 14.4 Å². The summed E-state index contributed by atoms with van der Waals surface area (Å²) in [7, 11) is 1.53. The molecule has 0 bridgehead atoms. The highest BCUT2D eigenvalue weighted by Gasteiger charge is 2.22. The van der Waals surface area contributed by atoms with Gasteiger partial charge in [0.2, 0.25) is 17.7 Å². The molecule has 0 aliphatic carbocycles. The van der Waals surface area contributed by atoms with E-state index in [0.717, 1.165) is 5.56 Å². The van der Waals surface area contributed by atoms with Gasteiger partial charge < -0.3 is 15.5 Å². The maximum atomic E-state index is 11.9. The molecule has 1 aromatic carbocycles. The van der Waals surface area contributed by atoms with Crippen molar-refractivity contribution in [3.63, 3.8) is 0 Å². The summed E-state index contributed by atoms with van der Waals surface area (Å²) >= 11 is 0. The van der Waals surface area contributed by atoms with Crippen LogP contribution in [0.4, 0.5) is 5.69 Å². The highest BCUT2D eigenvalue weighted by Crippen LogP contribution is 2.12. The molecule has 0 saturated heterocycles. The van der Waals surface area contributed by atoms with Gasteiger partial charge in [-0.15, -0.1) is 0 Å². The summed E-state index contributed by atoms with van der Waals surface area (Å²) in [4.78, 5) is 36.9. The molecule has 2 N–H and O–H groups in total. The van der Waals surface area contributed by atoms with E-state index in [0.29, 0.717) is 5.69 Å². The molecule has 0 spiro atoms. The predicted molar refractivity (Wildman–Crippen MR) is 89.9 cm³/mol. The van der Waals surface area contributed by atoms with E-state index in [4.69, 9.17) is 0 Å². The Bertz CT molecular complexity index is 574. The van der Waals surface area contributed by atoms with Crippen molar-refractivity contribution in [1.29, 1.82) is 0 Å². The third-order valence-corrected chi connectivity index (χ3v) is 3.22. The Hall–Kier alpha value is -2.37. The van der Waals surface area contributed by atoms with Crippen LogP contribution in [0.2, 0.25) is 0 Å². The molecule has 0 atom stereocenters. The highest BCUT2D eigenvalue weighted by molar-refractivity contribution is 5.95. The number of aryl methyl sites for hydroxylation is 1. The first-order valence-corrected chi connectivity index (χ1v) is 7.48. The number of rotatable bonds is 5. The highest BCUT2D eigenvalue weighted by atomic mass is 16.2. The van der Waals surface area contributed by atoms with Gasteiger partial charge in [0.15, 0.2) is 0 Å². The summed E-state index contributed by atoms with van der Waals surface area (Å²) in [5.41, 5.74) is 1.23.